The van der Waals surface area contributed by atoms with Crippen molar-refractivity contribution in [2.45, 2.75) is 52.4 Å². The van der Waals surface area contributed by atoms with Gasteiger partial charge in [-0.25, -0.2) is 0 Å². The van der Waals surface area contributed by atoms with Crippen molar-refractivity contribution >= 4 is 145 Å². The maximum Gasteiger partial charge on any atom is 0.252 e. The summed E-state index contributed by atoms with van der Waals surface area (Å²) >= 11 is 0. The molecule has 147 heavy (non-hydrogen) atoms. The SMILES string of the molecule is CC(C)(C)c1cc(-c2cccc3oc4ccccc4c23)c(N2c3cc(-c4cc(-c5ccccc5)cc(-c5ccccc5)c4)ccc3B3c4ccc(-c5ccc(-c6ccccc6)cc5-c5ccccc5)cc4N(c4c(-c5cccc6oc7ccccc7c56)cc(C(C)(C)C)cc4-c4cccc5oc6ccccc6c45)c4cc(-c5cc(-c6ccccc6)cc(-c6ccccc6)c5)cc2c43)c(-c2cccc3oc4ccccc4c23)c1. The lowest BCUT2D eigenvalue weighted by Crippen LogP contribution is -2.61. The second kappa shape index (κ2) is 34.2. The monoisotopic (exact) mass is 1880 g/mol. The molecule has 4 aromatic heterocycles. The minimum absolute atomic E-state index is 0.425. The van der Waals surface area contributed by atoms with E-state index in [2.05, 4.69) is 531 Å². The molecular weight excluding hydrogens is 1780 g/mol. The minimum Gasteiger partial charge on any atom is -0.456 e. The molecule has 2 aliphatic heterocycles. The van der Waals surface area contributed by atoms with Crippen LogP contribution in [0.2, 0.25) is 0 Å². The quantitative estimate of drug-likeness (QED) is 0.0954. The number of anilines is 6. The van der Waals surface area contributed by atoms with Gasteiger partial charge >= 0.3 is 0 Å². The summed E-state index contributed by atoms with van der Waals surface area (Å²) in [4.78, 5) is 5.52. The van der Waals surface area contributed by atoms with Gasteiger partial charge in [-0.3, -0.25) is 0 Å². The standard InChI is InChI=1S/C140H97BN2O4/c1-139(2,3)102-82-114(105-53-33-61-128-132(105)109-49-25-29-57-124(109)144-128)137(115(83-102)106-54-34-62-129-133(106)110-50-26-30-58-125(110)145-129)142-120-78-93(99-73-95(87-39-15-8-16-40-87)71-96(74-99)88-41-17-9-18-42-88)66-69-118(120)141-119-70-67-94(104-68-65-92(86-37-13-7-14-38-86)77-113(104)91-47-23-12-24-48-91)79-121(119)143(123-81-101(80-122(142)136(123)141)100-75-97(89-43-19-10-20-44-89)72-98(76-100)90-45-21-11-22-46-90)138-116(107-55-35-63-130-134(107)111-51-27-31-59-126(111)146-130)84-103(140(4,5)6)85-117(138)108-56-36-64-131-135(108)112-52-28-32-60-127(112)147-131/h7-85H,1-6H3. The zero-order chi connectivity index (χ0) is 98.0. The van der Waals surface area contributed by atoms with E-state index in [1.807, 2.05) is 0 Å². The Balaban J connectivity index is 0.856. The van der Waals surface area contributed by atoms with Crippen molar-refractivity contribution in [1.82, 2.24) is 0 Å². The highest BCUT2D eigenvalue weighted by atomic mass is 16.3. The molecule has 6 heterocycles. The molecule has 0 aliphatic carbocycles. The number of hydrogen-bond acceptors (Lipinski definition) is 6. The summed E-state index contributed by atoms with van der Waals surface area (Å²) in [5.74, 6) is 0. The van der Waals surface area contributed by atoms with E-state index in [-0.39, 0.29) is 0 Å². The van der Waals surface area contributed by atoms with Gasteiger partial charge < -0.3 is 27.5 Å². The molecule has 7 heteroatoms. The van der Waals surface area contributed by atoms with Crippen molar-refractivity contribution in [3.8, 4) is 145 Å². The molecule has 6 nitrogen and oxygen atoms in total. The Morgan fingerprint density at radius 1 is 0.170 bits per heavy atom. The number of nitrogens with zero attached hydrogens (tertiary/aromatic N) is 2. The highest BCUT2D eigenvalue weighted by Gasteiger charge is 2.47. The first kappa shape index (κ1) is 86.6. The Morgan fingerprint density at radius 2 is 0.422 bits per heavy atom. The summed E-state index contributed by atoms with van der Waals surface area (Å²) in [5.41, 5.74) is 45.1. The Kier molecular flexibility index (Phi) is 20.2. The molecule has 694 valence electrons. The summed E-state index contributed by atoms with van der Waals surface area (Å²) in [5, 5.41) is 8.20. The van der Waals surface area contributed by atoms with Gasteiger partial charge in [0.15, 0.2) is 0 Å². The molecule has 0 atom stereocenters. The second-order valence-corrected chi connectivity index (χ2v) is 41.6. The minimum atomic E-state index is -0.490. The number of rotatable bonds is 15. The third-order valence-corrected chi connectivity index (χ3v) is 30.7. The van der Waals surface area contributed by atoms with Gasteiger partial charge in [0.25, 0.3) is 6.71 Å². The zero-order valence-corrected chi connectivity index (χ0v) is 82.2. The van der Waals surface area contributed by atoms with Crippen LogP contribution in [-0.4, -0.2) is 6.71 Å². The number of benzene rings is 22. The van der Waals surface area contributed by atoms with Crippen LogP contribution >= 0.6 is 0 Å². The summed E-state index contributed by atoms with van der Waals surface area (Å²) in [6, 6.07) is 179. The zero-order valence-electron chi connectivity index (χ0n) is 82.2. The van der Waals surface area contributed by atoms with Crippen LogP contribution in [0.4, 0.5) is 34.1 Å². The van der Waals surface area contributed by atoms with Crippen LogP contribution in [0.1, 0.15) is 52.7 Å². The lowest BCUT2D eigenvalue weighted by Gasteiger charge is -2.46. The van der Waals surface area contributed by atoms with Crippen LogP contribution < -0.4 is 26.2 Å². The predicted molar refractivity (Wildman–Crippen MR) is 618 cm³/mol. The van der Waals surface area contributed by atoms with Crippen LogP contribution in [0.25, 0.3) is 232 Å². The van der Waals surface area contributed by atoms with Gasteiger partial charge in [0.2, 0.25) is 0 Å². The largest absolute Gasteiger partial charge is 0.456 e. The molecular formula is C140H97BN2O4. The molecule has 0 spiro atoms. The second-order valence-electron chi connectivity index (χ2n) is 41.6. The van der Waals surface area contributed by atoms with Gasteiger partial charge in [0.05, 0.1) is 11.4 Å². The fourth-order valence-corrected chi connectivity index (χ4v) is 23.7. The summed E-state index contributed by atoms with van der Waals surface area (Å²) in [7, 11) is 0. The highest BCUT2D eigenvalue weighted by molar-refractivity contribution is 7.00. The van der Waals surface area contributed by atoms with E-state index in [9.17, 15) is 0 Å². The van der Waals surface area contributed by atoms with E-state index in [0.29, 0.717) is 0 Å². The maximum atomic E-state index is 7.19. The molecule has 0 radical (unpaired) electrons. The van der Waals surface area contributed by atoms with Crippen molar-refractivity contribution in [3.63, 3.8) is 0 Å². The van der Waals surface area contributed by atoms with E-state index in [4.69, 9.17) is 17.7 Å². The molecule has 22 aromatic carbocycles. The van der Waals surface area contributed by atoms with Crippen molar-refractivity contribution < 1.29 is 17.7 Å². The topological polar surface area (TPSA) is 59.0 Å². The van der Waals surface area contributed by atoms with Gasteiger partial charge in [0, 0.05) is 88.1 Å². The molecule has 0 saturated heterocycles. The van der Waals surface area contributed by atoms with Gasteiger partial charge in [-0.05, 0) is 300 Å². The number of fused-ring (bicyclic) bond motifs is 16. The third kappa shape index (κ3) is 14.5. The Morgan fingerprint density at radius 3 is 0.755 bits per heavy atom. The van der Waals surface area contributed by atoms with E-state index < -0.39 is 17.5 Å². The third-order valence-electron chi connectivity index (χ3n) is 30.7. The smallest absolute Gasteiger partial charge is 0.252 e. The van der Waals surface area contributed by atoms with Crippen LogP contribution in [0.15, 0.2) is 497 Å². The first-order chi connectivity index (χ1) is 72.1. The Labute approximate surface area is 853 Å². The first-order valence-electron chi connectivity index (χ1n) is 51.0. The fraction of sp³-hybridized carbons (Fsp3) is 0.0571. The molecule has 2 aliphatic rings. The summed E-state index contributed by atoms with van der Waals surface area (Å²) in [6.07, 6.45) is 0. The number of hydrogen-bond donors (Lipinski definition) is 0. The van der Waals surface area contributed by atoms with E-state index in [0.717, 1.165) is 294 Å². The van der Waals surface area contributed by atoms with Crippen LogP contribution in [0.5, 0.6) is 0 Å². The lowest BCUT2D eigenvalue weighted by molar-refractivity contribution is 0.590. The summed E-state index contributed by atoms with van der Waals surface area (Å²) < 4.78 is 28.8. The molecule has 0 fully saturated rings. The van der Waals surface area contributed by atoms with Gasteiger partial charge in [-0.15, -0.1) is 0 Å². The Bertz CT molecular complexity index is 9440. The number of furan rings is 4. The summed E-state index contributed by atoms with van der Waals surface area (Å²) in [6.45, 7) is 13.7. The van der Waals surface area contributed by atoms with E-state index in [1.54, 1.807) is 0 Å². The fourth-order valence-electron chi connectivity index (χ4n) is 23.7. The van der Waals surface area contributed by atoms with E-state index in [1.165, 1.54) is 0 Å². The van der Waals surface area contributed by atoms with Crippen molar-refractivity contribution in [3.05, 3.63) is 490 Å². The van der Waals surface area contributed by atoms with Gasteiger partial charge in [-0.2, -0.15) is 0 Å². The average molecular weight is 1880 g/mol. The van der Waals surface area contributed by atoms with Crippen LogP contribution in [0, 0.1) is 0 Å². The Hall–Kier alpha value is -18.3. The predicted octanol–water partition coefficient (Wildman–Crippen LogP) is 37.6. The van der Waals surface area contributed by atoms with Gasteiger partial charge in [0.1, 0.15) is 44.7 Å². The maximum absolute atomic E-state index is 7.19. The molecule has 0 bridgehead atoms. The highest BCUT2D eigenvalue weighted by Crippen LogP contribution is 2.60. The van der Waals surface area contributed by atoms with Crippen molar-refractivity contribution in [2.24, 2.45) is 0 Å². The van der Waals surface area contributed by atoms with Crippen molar-refractivity contribution in [2.75, 3.05) is 9.80 Å². The molecule has 0 unspecified atom stereocenters. The van der Waals surface area contributed by atoms with Gasteiger partial charge in [-0.1, -0.05) is 381 Å². The van der Waals surface area contributed by atoms with Crippen LogP contribution in [-0.2, 0) is 10.8 Å². The molecule has 28 rings (SSSR count). The average Bonchev–Trinajstić information content (AvgIpc) is 1.58. The van der Waals surface area contributed by atoms with Crippen molar-refractivity contribution in [1.29, 1.82) is 0 Å². The normalized spacial score (nSPS) is 12.5. The molecule has 26 aromatic rings. The number of para-hydroxylation sites is 4. The molecule has 0 saturated carbocycles. The van der Waals surface area contributed by atoms with E-state index >= 15 is 0 Å². The molecule has 0 N–H and O–H groups in total. The first-order valence-corrected chi connectivity index (χ1v) is 51.0. The lowest BCUT2D eigenvalue weighted by atomic mass is 9.33. The molecule has 0 amide bonds. The van der Waals surface area contributed by atoms with Crippen LogP contribution in [0.3, 0.4) is 0 Å².